The summed E-state index contributed by atoms with van der Waals surface area (Å²) in [7, 11) is 4.75. The van der Waals surface area contributed by atoms with Crippen molar-refractivity contribution in [1.29, 1.82) is 0 Å². The lowest BCUT2D eigenvalue weighted by Crippen LogP contribution is -2.28. The number of fused-ring (bicyclic) bond motifs is 1. The molecule has 1 heterocycles. The Kier molecular flexibility index (Phi) is 6.76. The number of carbonyl (C=O) groups is 3. The molecule has 0 atom stereocenters. The van der Waals surface area contributed by atoms with E-state index in [1.54, 1.807) is 49.3 Å². The summed E-state index contributed by atoms with van der Waals surface area (Å²) in [5, 5.41) is 9.10. The molecule has 31 heavy (non-hydrogen) atoms. The fourth-order valence-electron chi connectivity index (χ4n) is 2.94. The first-order chi connectivity index (χ1) is 14.9. The summed E-state index contributed by atoms with van der Waals surface area (Å²) in [6.45, 7) is 0.591. The monoisotopic (exact) mass is 423 g/mol. The number of aromatic nitrogens is 1. The first kappa shape index (κ1) is 21.7. The highest BCUT2D eigenvalue weighted by atomic mass is 16.5. The van der Waals surface area contributed by atoms with Crippen molar-refractivity contribution < 1.29 is 19.1 Å². The smallest absolute Gasteiger partial charge is 0.411 e. The van der Waals surface area contributed by atoms with E-state index in [0.29, 0.717) is 17.9 Å². The minimum atomic E-state index is -0.540. The third-order valence-electron chi connectivity index (χ3n) is 4.67. The summed E-state index contributed by atoms with van der Waals surface area (Å²) in [6, 6.07) is 14.2. The highest BCUT2D eigenvalue weighted by Gasteiger charge is 2.09. The van der Waals surface area contributed by atoms with Gasteiger partial charge in [-0.15, -0.1) is 0 Å². The van der Waals surface area contributed by atoms with Crippen LogP contribution in [0.2, 0.25) is 0 Å². The van der Waals surface area contributed by atoms with Crippen molar-refractivity contribution in [2.75, 3.05) is 31.8 Å². The highest BCUT2D eigenvalue weighted by Crippen LogP contribution is 2.21. The maximum absolute atomic E-state index is 12.2. The molecule has 0 fully saturated rings. The molecule has 0 aliphatic carbocycles. The van der Waals surface area contributed by atoms with Crippen molar-refractivity contribution in [2.24, 2.45) is 0 Å². The molecular weight excluding hydrogens is 398 g/mol. The zero-order valence-electron chi connectivity index (χ0n) is 17.6. The number of nitrogens with one attached hydrogen (secondary N) is 3. The summed E-state index contributed by atoms with van der Waals surface area (Å²) < 4.78 is 6.42. The van der Waals surface area contributed by atoms with Gasteiger partial charge >= 0.3 is 12.1 Å². The van der Waals surface area contributed by atoms with Gasteiger partial charge in [-0.3, -0.25) is 10.1 Å². The third-order valence-corrected chi connectivity index (χ3v) is 4.67. The van der Waals surface area contributed by atoms with Crippen LogP contribution in [0.15, 0.2) is 54.7 Å². The Morgan fingerprint density at radius 1 is 0.968 bits per heavy atom. The van der Waals surface area contributed by atoms with Gasteiger partial charge in [-0.2, -0.15) is 0 Å². The zero-order chi connectivity index (χ0) is 22.4. The van der Waals surface area contributed by atoms with Gasteiger partial charge in [0, 0.05) is 49.1 Å². The van der Waals surface area contributed by atoms with E-state index in [0.717, 1.165) is 16.5 Å². The number of anilines is 2. The van der Waals surface area contributed by atoms with Crippen molar-refractivity contribution in [1.82, 2.24) is 14.8 Å². The molecular formula is C22H25N5O4. The first-order valence-corrected chi connectivity index (χ1v) is 9.63. The van der Waals surface area contributed by atoms with Crippen LogP contribution in [0.4, 0.5) is 21.0 Å². The van der Waals surface area contributed by atoms with Gasteiger partial charge in [0.2, 0.25) is 5.91 Å². The standard InChI is InChI=1S/C22H25N5O4/c1-26(2)20(28)14-27-11-10-16-12-18(8-9-19(16)27)24-21(29)23-13-15-4-6-17(7-5-15)25-22(30)31-3/h4-12H,13-14H2,1-3H3,(H,25,30)(H2,23,24,29). The van der Waals surface area contributed by atoms with E-state index < -0.39 is 6.09 Å². The average Bonchev–Trinajstić information content (AvgIpc) is 3.15. The Bertz CT molecular complexity index is 1090. The molecule has 162 valence electrons. The molecule has 3 rings (SSSR count). The fraction of sp³-hybridized carbons (Fsp3) is 0.227. The van der Waals surface area contributed by atoms with Crippen LogP contribution >= 0.6 is 0 Å². The van der Waals surface area contributed by atoms with Gasteiger partial charge in [0.25, 0.3) is 0 Å². The summed E-state index contributed by atoms with van der Waals surface area (Å²) in [5.41, 5.74) is 3.05. The van der Waals surface area contributed by atoms with Crippen molar-refractivity contribution in [3.63, 3.8) is 0 Å². The number of likely N-dealkylation sites (N-methyl/N-ethyl adjacent to an activating group) is 1. The van der Waals surface area contributed by atoms with Crippen LogP contribution < -0.4 is 16.0 Å². The van der Waals surface area contributed by atoms with Gasteiger partial charge in [0.1, 0.15) is 6.54 Å². The molecule has 1 aromatic heterocycles. The van der Waals surface area contributed by atoms with E-state index >= 15 is 0 Å². The van der Waals surface area contributed by atoms with Crippen LogP contribution in [0, 0.1) is 0 Å². The molecule has 0 saturated heterocycles. The molecule has 0 unspecified atom stereocenters. The van der Waals surface area contributed by atoms with Gasteiger partial charge in [-0.05, 0) is 42.0 Å². The summed E-state index contributed by atoms with van der Waals surface area (Å²) in [6.07, 6.45) is 1.32. The number of rotatable bonds is 6. The first-order valence-electron chi connectivity index (χ1n) is 9.63. The number of ether oxygens (including phenoxy) is 1. The van der Waals surface area contributed by atoms with E-state index in [1.165, 1.54) is 7.11 Å². The van der Waals surface area contributed by atoms with E-state index in [9.17, 15) is 14.4 Å². The molecule has 0 radical (unpaired) electrons. The molecule has 0 saturated carbocycles. The number of carbonyl (C=O) groups excluding carboxylic acids is 3. The van der Waals surface area contributed by atoms with Crippen molar-refractivity contribution in [3.8, 4) is 0 Å². The van der Waals surface area contributed by atoms with Crippen LogP contribution in [-0.4, -0.2) is 48.7 Å². The Morgan fingerprint density at radius 3 is 2.35 bits per heavy atom. The quantitative estimate of drug-likeness (QED) is 0.566. The molecule has 3 aromatic rings. The predicted octanol–water partition coefficient (Wildman–Crippen LogP) is 3.23. The summed E-state index contributed by atoms with van der Waals surface area (Å²) in [5.74, 6) is 0.00758. The number of amides is 4. The normalized spacial score (nSPS) is 10.4. The predicted molar refractivity (Wildman–Crippen MR) is 119 cm³/mol. The number of methoxy groups -OCH3 is 1. The molecule has 9 heteroatoms. The second-order valence-electron chi connectivity index (χ2n) is 7.13. The van der Waals surface area contributed by atoms with Crippen LogP contribution in [-0.2, 0) is 22.6 Å². The lowest BCUT2D eigenvalue weighted by Gasteiger charge is -2.12. The molecule has 2 aromatic carbocycles. The molecule has 0 bridgehead atoms. The van der Waals surface area contributed by atoms with Gasteiger partial charge in [0.05, 0.1) is 7.11 Å². The lowest BCUT2D eigenvalue weighted by molar-refractivity contribution is -0.129. The minimum Gasteiger partial charge on any atom is -0.453 e. The molecule has 0 spiro atoms. The highest BCUT2D eigenvalue weighted by molar-refractivity contribution is 5.93. The van der Waals surface area contributed by atoms with Gasteiger partial charge in [-0.1, -0.05) is 12.1 Å². The number of hydrogen-bond donors (Lipinski definition) is 3. The largest absolute Gasteiger partial charge is 0.453 e. The molecule has 3 N–H and O–H groups in total. The molecule has 4 amide bonds. The number of nitrogens with zero attached hydrogens (tertiary/aromatic N) is 2. The second kappa shape index (κ2) is 9.66. The Morgan fingerprint density at radius 2 is 1.68 bits per heavy atom. The molecule has 0 aliphatic heterocycles. The second-order valence-corrected chi connectivity index (χ2v) is 7.13. The average molecular weight is 423 g/mol. The van der Waals surface area contributed by atoms with Gasteiger partial charge < -0.3 is 24.8 Å². The Hall–Kier alpha value is -4.01. The SMILES string of the molecule is COC(=O)Nc1ccc(CNC(=O)Nc2ccc3c(ccn3CC(=O)N(C)C)c2)cc1. The molecule has 9 nitrogen and oxygen atoms in total. The molecule has 0 aliphatic rings. The van der Waals surface area contributed by atoms with Gasteiger partial charge in [0.15, 0.2) is 0 Å². The third kappa shape index (κ3) is 5.75. The Balaban J connectivity index is 1.55. The van der Waals surface area contributed by atoms with Crippen LogP contribution in [0.1, 0.15) is 5.56 Å². The van der Waals surface area contributed by atoms with Crippen molar-refractivity contribution in [3.05, 3.63) is 60.3 Å². The van der Waals surface area contributed by atoms with Crippen molar-refractivity contribution >= 4 is 40.3 Å². The van der Waals surface area contributed by atoms with E-state index in [1.807, 2.05) is 29.0 Å². The summed E-state index contributed by atoms with van der Waals surface area (Å²) in [4.78, 5) is 36.9. The van der Waals surface area contributed by atoms with E-state index in [2.05, 4.69) is 20.7 Å². The minimum absolute atomic E-state index is 0.00758. The van der Waals surface area contributed by atoms with Crippen LogP contribution in [0.25, 0.3) is 10.9 Å². The van der Waals surface area contributed by atoms with Crippen molar-refractivity contribution in [2.45, 2.75) is 13.1 Å². The van der Waals surface area contributed by atoms with Gasteiger partial charge in [-0.25, -0.2) is 9.59 Å². The number of benzene rings is 2. The van der Waals surface area contributed by atoms with E-state index in [-0.39, 0.29) is 18.5 Å². The number of hydrogen-bond acceptors (Lipinski definition) is 4. The maximum atomic E-state index is 12.2. The van der Waals surface area contributed by atoms with E-state index in [4.69, 9.17) is 0 Å². The lowest BCUT2D eigenvalue weighted by atomic mass is 10.2. The number of urea groups is 1. The zero-order valence-corrected chi connectivity index (χ0v) is 17.6. The topological polar surface area (TPSA) is 105 Å². The Labute approximate surface area is 180 Å². The summed E-state index contributed by atoms with van der Waals surface area (Å²) >= 11 is 0. The van der Waals surface area contributed by atoms with Crippen LogP contribution in [0.3, 0.4) is 0 Å². The maximum Gasteiger partial charge on any atom is 0.411 e. The fourth-order valence-corrected chi connectivity index (χ4v) is 2.94. The van der Waals surface area contributed by atoms with Crippen LogP contribution in [0.5, 0.6) is 0 Å².